The average molecular weight is 322 g/mol. The molecule has 0 radical (unpaired) electrons. The summed E-state index contributed by atoms with van der Waals surface area (Å²) in [4.78, 5) is 12.0. The van der Waals surface area contributed by atoms with E-state index < -0.39 is 12.1 Å². The van der Waals surface area contributed by atoms with Crippen molar-refractivity contribution >= 4 is 17.5 Å². The van der Waals surface area contributed by atoms with Crippen molar-refractivity contribution in [3.63, 3.8) is 0 Å². The summed E-state index contributed by atoms with van der Waals surface area (Å²) >= 11 is 5.80. The Morgan fingerprint density at radius 2 is 1.77 bits per heavy atom. The van der Waals surface area contributed by atoms with Gasteiger partial charge >= 0.3 is 0 Å². The molecule has 0 bridgehead atoms. The van der Waals surface area contributed by atoms with Crippen LogP contribution in [0.4, 0.5) is 4.39 Å². The lowest BCUT2D eigenvalue weighted by molar-refractivity contribution is -0.121. The van der Waals surface area contributed by atoms with Gasteiger partial charge in [0.25, 0.3) is 0 Å². The molecule has 0 spiro atoms. The third-order valence-corrected chi connectivity index (χ3v) is 3.60. The molecule has 2 aromatic rings. The number of carbonyl (C=O) groups is 1. The SMILES string of the molecule is CC(NC(=O)Cc1ccc(F)cc1)C(O)c1ccc(Cl)cc1. The Bertz CT molecular complexity index is 628. The van der Waals surface area contributed by atoms with Gasteiger partial charge in [-0.3, -0.25) is 4.79 Å². The maximum atomic E-state index is 12.8. The number of halogens is 2. The predicted molar refractivity (Wildman–Crippen MR) is 84.1 cm³/mol. The summed E-state index contributed by atoms with van der Waals surface area (Å²) in [5, 5.41) is 13.6. The van der Waals surface area contributed by atoms with Crippen molar-refractivity contribution in [3.05, 3.63) is 70.5 Å². The second-order valence-corrected chi connectivity index (χ2v) is 5.59. The van der Waals surface area contributed by atoms with Crippen molar-refractivity contribution in [1.82, 2.24) is 5.32 Å². The van der Waals surface area contributed by atoms with Crippen LogP contribution in [0.2, 0.25) is 5.02 Å². The van der Waals surface area contributed by atoms with Crippen LogP contribution in [0.3, 0.4) is 0 Å². The lowest BCUT2D eigenvalue weighted by Gasteiger charge is -2.20. The fourth-order valence-electron chi connectivity index (χ4n) is 2.12. The molecule has 0 aliphatic rings. The Balaban J connectivity index is 1.92. The molecule has 0 saturated heterocycles. The van der Waals surface area contributed by atoms with E-state index in [0.29, 0.717) is 16.1 Å². The number of benzene rings is 2. The van der Waals surface area contributed by atoms with Crippen molar-refractivity contribution in [2.45, 2.75) is 25.5 Å². The number of hydrogen-bond donors (Lipinski definition) is 2. The Labute approximate surface area is 133 Å². The molecule has 3 nitrogen and oxygen atoms in total. The molecule has 0 fully saturated rings. The number of rotatable bonds is 5. The molecule has 2 rings (SSSR count). The molecule has 2 N–H and O–H groups in total. The van der Waals surface area contributed by atoms with Crippen LogP contribution in [0, 0.1) is 5.82 Å². The number of aliphatic hydroxyl groups is 1. The fourth-order valence-corrected chi connectivity index (χ4v) is 2.25. The summed E-state index contributed by atoms with van der Waals surface area (Å²) in [5.74, 6) is -0.567. The highest BCUT2D eigenvalue weighted by atomic mass is 35.5. The number of nitrogens with one attached hydrogen (secondary N) is 1. The lowest BCUT2D eigenvalue weighted by atomic mass is 10.0. The molecule has 0 aliphatic heterocycles. The largest absolute Gasteiger partial charge is 0.386 e. The first-order chi connectivity index (χ1) is 10.5. The number of aliphatic hydroxyl groups excluding tert-OH is 1. The standard InChI is InChI=1S/C17H17ClFNO2/c1-11(17(22)13-4-6-14(18)7-5-13)20-16(21)10-12-2-8-15(19)9-3-12/h2-9,11,17,22H,10H2,1H3,(H,20,21). The third-order valence-electron chi connectivity index (χ3n) is 3.35. The summed E-state index contributed by atoms with van der Waals surface area (Å²) in [6.45, 7) is 1.72. The van der Waals surface area contributed by atoms with Gasteiger partial charge in [-0.1, -0.05) is 35.9 Å². The smallest absolute Gasteiger partial charge is 0.224 e. The van der Waals surface area contributed by atoms with E-state index in [1.54, 1.807) is 43.3 Å². The van der Waals surface area contributed by atoms with Gasteiger partial charge in [-0.25, -0.2) is 4.39 Å². The van der Waals surface area contributed by atoms with E-state index in [1.807, 2.05) is 0 Å². The number of carbonyl (C=O) groups excluding carboxylic acids is 1. The van der Waals surface area contributed by atoms with Gasteiger partial charge in [0, 0.05) is 5.02 Å². The van der Waals surface area contributed by atoms with Crippen molar-refractivity contribution in [2.24, 2.45) is 0 Å². The molecule has 1 amide bonds. The minimum atomic E-state index is -0.825. The van der Waals surface area contributed by atoms with Crippen LogP contribution < -0.4 is 5.32 Å². The van der Waals surface area contributed by atoms with Crippen LogP contribution >= 0.6 is 11.6 Å². The molecule has 0 heterocycles. The van der Waals surface area contributed by atoms with E-state index in [9.17, 15) is 14.3 Å². The Morgan fingerprint density at radius 3 is 2.36 bits per heavy atom. The summed E-state index contributed by atoms with van der Waals surface area (Å²) in [5.41, 5.74) is 1.39. The van der Waals surface area contributed by atoms with E-state index in [2.05, 4.69) is 5.32 Å². The van der Waals surface area contributed by atoms with E-state index >= 15 is 0 Å². The van der Waals surface area contributed by atoms with Gasteiger partial charge in [0.1, 0.15) is 5.82 Å². The van der Waals surface area contributed by atoms with Crippen LogP contribution in [-0.4, -0.2) is 17.1 Å². The Morgan fingerprint density at radius 1 is 1.18 bits per heavy atom. The van der Waals surface area contributed by atoms with Crippen LogP contribution in [0.15, 0.2) is 48.5 Å². The van der Waals surface area contributed by atoms with Gasteiger partial charge in [-0.05, 0) is 42.3 Å². The van der Waals surface area contributed by atoms with Gasteiger partial charge in [0.2, 0.25) is 5.91 Å². The van der Waals surface area contributed by atoms with Gasteiger partial charge < -0.3 is 10.4 Å². The molecule has 116 valence electrons. The first-order valence-electron chi connectivity index (χ1n) is 6.93. The second kappa shape index (κ2) is 7.38. The monoisotopic (exact) mass is 321 g/mol. The zero-order chi connectivity index (χ0) is 16.1. The van der Waals surface area contributed by atoms with E-state index in [4.69, 9.17) is 11.6 Å². The van der Waals surface area contributed by atoms with Crippen molar-refractivity contribution in [1.29, 1.82) is 0 Å². The van der Waals surface area contributed by atoms with Crippen LogP contribution in [0.25, 0.3) is 0 Å². The van der Waals surface area contributed by atoms with Crippen molar-refractivity contribution in [3.8, 4) is 0 Å². The summed E-state index contributed by atoms with van der Waals surface area (Å²) in [6, 6.07) is 12.1. The van der Waals surface area contributed by atoms with Gasteiger partial charge in [0.15, 0.2) is 0 Å². The molecule has 2 unspecified atom stereocenters. The molecule has 0 aromatic heterocycles. The van der Waals surface area contributed by atoms with Crippen LogP contribution in [-0.2, 0) is 11.2 Å². The Hall–Kier alpha value is -1.91. The second-order valence-electron chi connectivity index (χ2n) is 5.16. The molecule has 2 aromatic carbocycles. The molecular weight excluding hydrogens is 305 g/mol. The quantitative estimate of drug-likeness (QED) is 0.888. The molecule has 0 aliphatic carbocycles. The highest BCUT2D eigenvalue weighted by Gasteiger charge is 2.18. The maximum absolute atomic E-state index is 12.8. The van der Waals surface area contributed by atoms with E-state index in [-0.39, 0.29) is 18.1 Å². The van der Waals surface area contributed by atoms with E-state index in [1.165, 1.54) is 12.1 Å². The fraction of sp³-hybridized carbons (Fsp3) is 0.235. The number of amides is 1. The lowest BCUT2D eigenvalue weighted by Crippen LogP contribution is -2.37. The van der Waals surface area contributed by atoms with Gasteiger partial charge in [-0.2, -0.15) is 0 Å². The minimum Gasteiger partial charge on any atom is -0.386 e. The molecule has 5 heteroatoms. The van der Waals surface area contributed by atoms with Crippen LogP contribution in [0.1, 0.15) is 24.2 Å². The van der Waals surface area contributed by atoms with Crippen LogP contribution in [0.5, 0.6) is 0 Å². The highest BCUT2D eigenvalue weighted by Crippen LogP contribution is 2.19. The van der Waals surface area contributed by atoms with Crippen molar-refractivity contribution in [2.75, 3.05) is 0 Å². The zero-order valence-electron chi connectivity index (χ0n) is 12.1. The molecule has 22 heavy (non-hydrogen) atoms. The molecule has 0 saturated carbocycles. The topological polar surface area (TPSA) is 49.3 Å². The number of hydrogen-bond acceptors (Lipinski definition) is 2. The highest BCUT2D eigenvalue weighted by molar-refractivity contribution is 6.30. The normalized spacial score (nSPS) is 13.5. The predicted octanol–water partition coefficient (Wildman–Crippen LogP) is 3.26. The van der Waals surface area contributed by atoms with Gasteiger partial charge in [-0.15, -0.1) is 0 Å². The summed E-state index contributed by atoms with van der Waals surface area (Å²) < 4.78 is 12.8. The maximum Gasteiger partial charge on any atom is 0.224 e. The summed E-state index contributed by atoms with van der Waals surface area (Å²) in [6.07, 6.45) is -0.688. The Kier molecular flexibility index (Phi) is 5.52. The zero-order valence-corrected chi connectivity index (χ0v) is 12.8. The van der Waals surface area contributed by atoms with Gasteiger partial charge in [0.05, 0.1) is 18.6 Å². The third kappa shape index (κ3) is 4.55. The summed E-state index contributed by atoms with van der Waals surface area (Å²) in [7, 11) is 0. The first-order valence-corrected chi connectivity index (χ1v) is 7.31. The molecule has 2 atom stereocenters. The molecular formula is C17H17ClFNO2. The van der Waals surface area contributed by atoms with Crippen molar-refractivity contribution < 1.29 is 14.3 Å². The first kappa shape index (κ1) is 16.5. The minimum absolute atomic E-state index is 0.137. The average Bonchev–Trinajstić information content (AvgIpc) is 2.49. The van der Waals surface area contributed by atoms with E-state index in [0.717, 1.165) is 0 Å².